The molecule has 1 unspecified atom stereocenters. The van der Waals surface area contributed by atoms with Crippen molar-refractivity contribution < 1.29 is 4.79 Å². The van der Waals surface area contributed by atoms with Gasteiger partial charge in [0.2, 0.25) is 5.91 Å². The number of anilines is 1. The topological polar surface area (TPSA) is 85.8 Å². The molecule has 2 rings (SSSR count). The Bertz CT molecular complexity index is 580. The van der Waals surface area contributed by atoms with Gasteiger partial charge in [-0.05, 0) is 30.5 Å². The summed E-state index contributed by atoms with van der Waals surface area (Å²) in [5, 5.41) is 10.5. The molecule has 6 heteroatoms. The molecule has 1 aromatic carbocycles. The fourth-order valence-electron chi connectivity index (χ4n) is 2.20. The van der Waals surface area contributed by atoms with E-state index >= 15 is 0 Å². The maximum atomic E-state index is 12.3. The average Bonchev–Trinajstić information content (AvgIpc) is 2.99. The number of benzene rings is 1. The lowest BCUT2D eigenvalue weighted by molar-refractivity contribution is -0.120. The van der Waals surface area contributed by atoms with E-state index in [1.165, 1.54) is 0 Å². The first kappa shape index (κ1) is 15.2. The van der Waals surface area contributed by atoms with E-state index in [0.717, 1.165) is 17.8 Å². The number of amides is 1. The van der Waals surface area contributed by atoms with E-state index in [0.29, 0.717) is 12.5 Å². The first-order valence-corrected chi connectivity index (χ1v) is 7.06. The molecule has 21 heavy (non-hydrogen) atoms. The molecule has 3 N–H and O–H groups in total. The van der Waals surface area contributed by atoms with Crippen LogP contribution in [0, 0.1) is 11.8 Å². The van der Waals surface area contributed by atoms with Crippen LogP contribution in [0.4, 0.5) is 5.69 Å². The first-order valence-electron chi connectivity index (χ1n) is 7.06. The van der Waals surface area contributed by atoms with Crippen LogP contribution in [0.1, 0.15) is 20.3 Å². The lowest BCUT2D eigenvalue weighted by atomic mass is 9.96. The van der Waals surface area contributed by atoms with Crippen LogP contribution in [0.2, 0.25) is 0 Å². The summed E-state index contributed by atoms with van der Waals surface area (Å²) in [6.45, 7) is 4.53. The number of carbonyl (C=O) groups is 1. The third kappa shape index (κ3) is 4.13. The fraction of sp³-hybridized carbons (Fsp3) is 0.400. The summed E-state index contributed by atoms with van der Waals surface area (Å²) >= 11 is 0. The second-order valence-corrected chi connectivity index (χ2v) is 5.47. The Hall–Kier alpha value is -2.21. The minimum absolute atomic E-state index is 0.0351. The predicted molar refractivity (Wildman–Crippen MR) is 82.0 cm³/mol. The Balaban J connectivity index is 2.09. The van der Waals surface area contributed by atoms with Crippen LogP contribution < -0.4 is 11.1 Å². The molecule has 112 valence electrons. The van der Waals surface area contributed by atoms with E-state index in [4.69, 9.17) is 5.73 Å². The summed E-state index contributed by atoms with van der Waals surface area (Å²) in [4.78, 5) is 12.3. The first-order chi connectivity index (χ1) is 10.1. The zero-order chi connectivity index (χ0) is 15.2. The molecule has 2 aromatic rings. The van der Waals surface area contributed by atoms with Crippen LogP contribution >= 0.6 is 0 Å². The van der Waals surface area contributed by atoms with Gasteiger partial charge in [-0.1, -0.05) is 19.9 Å². The SMILES string of the molecule is CC(C)CC(CN)C(=O)Nc1cccc(-n2cnnc2)c1. The van der Waals surface area contributed by atoms with Crippen LogP contribution in [-0.4, -0.2) is 27.2 Å². The second kappa shape index (κ2) is 6.99. The molecule has 0 fully saturated rings. The van der Waals surface area contributed by atoms with E-state index < -0.39 is 0 Å². The van der Waals surface area contributed by atoms with Crippen molar-refractivity contribution in [1.29, 1.82) is 0 Å². The molecule has 6 nitrogen and oxygen atoms in total. The molecule has 1 aromatic heterocycles. The van der Waals surface area contributed by atoms with Crippen LogP contribution in [-0.2, 0) is 4.79 Å². The van der Waals surface area contributed by atoms with Gasteiger partial charge in [-0.3, -0.25) is 9.36 Å². The zero-order valence-electron chi connectivity index (χ0n) is 12.4. The van der Waals surface area contributed by atoms with Gasteiger partial charge in [0.25, 0.3) is 0 Å². The Morgan fingerprint density at radius 1 is 1.33 bits per heavy atom. The number of carbonyl (C=O) groups excluding carboxylic acids is 1. The number of rotatable bonds is 6. The van der Waals surface area contributed by atoms with E-state index in [1.807, 2.05) is 24.3 Å². The van der Waals surface area contributed by atoms with Crippen LogP contribution in [0.3, 0.4) is 0 Å². The van der Waals surface area contributed by atoms with Crippen molar-refractivity contribution in [3.05, 3.63) is 36.9 Å². The van der Waals surface area contributed by atoms with Crippen LogP contribution in [0.5, 0.6) is 0 Å². The Labute approximate surface area is 124 Å². The van der Waals surface area contributed by atoms with E-state index in [1.54, 1.807) is 17.2 Å². The molecule has 0 radical (unpaired) electrons. The minimum atomic E-state index is -0.163. The summed E-state index contributed by atoms with van der Waals surface area (Å²) in [5.74, 6) is 0.239. The number of nitrogens with two attached hydrogens (primary N) is 1. The summed E-state index contributed by atoms with van der Waals surface area (Å²) in [5.41, 5.74) is 7.34. The smallest absolute Gasteiger partial charge is 0.228 e. The number of aromatic nitrogens is 3. The van der Waals surface area contributed by atoms with Gasteiger partial charge in [-0.15, -0.1) is 10.2 Å². The normalized spacial score (nSPS) is 12.4. The van der Waals surface area contributed by atoms with E-state index in [-0.39, 0.29) is 11.8 Å². The standard InChI is InChI=1S/C15H21N5O/c1-11(2)6-12(8-16)15(21)19-13-4-3-5-14(7-13)20-9-17-18-10-20/h3-5,7,9-12H,6,8,16H2,1-2H3,(H,19,21). The maximum absolute atomic E-state index is 12.3. The number of nitrogens with zero attached hydrogens (tertiary/aromatic N) is 3. The molecule has 0 bridgehead atoms. The van der Waals surface area contributed by atoms with Gasteiger partial charge in [0, 0.05) is 12.2 Å². The van der Waals surface area contributed by atoms with E-state index in [2.05, 4.69) is 29.4 Å². The summed E-state index contributed by atoms with van der Waals surface area (Å²) in [7, 11) is 0. The van der Waals surface area contributed by atoms with Gasteiger partial charge in [-0.25, -0.2) is 0 Å². The van der Waals surface area contributed by atoms with Gasteiger partial charge in [0.15, 0.2) is 0 Å². The predicted octanol–water partition coefficient (Wildman–Crippen LogP) is 1.83. The van der Waals surface area contributed by atoms with Gasteiger partial charge in [0.05, 0.1) is 11.6 Å². The van der Waals surface area contributed by atoms with Crippen molar-refractivity contribution >= 4 is 11.6 Å². The molecule has 0 spiro atoms. The van der Waals surface area contributed by atoms with Crippen molar-refractivity contribution in [1.82, 2.24) is 14.8 Å². The largest absolute Gasteiger partial charge is 0.330 e. The molecule has 0 aliphatic heterocycles. The third-order valence-electron chi connectivity index (χ3n) is 3.24. The zero-order valence-corrected chi connectivity index (χ0v) is 12.4. The molecule has 0 saturated heterocycles. The molecule has 1 atom stereocenters. The molecular weight excluding hydrogens is 266 g/mol. The Morgan fingerprint density at radius 3 is 2.67 bits per heavy atom. The highest BCUT2D eigenvalue weighted by Crippen LogP contribution is 2.17. The molecule has 0 aliphatic rings. The van der Waals surface area contributed by atoms with Crippen molar-refractivity contribution in [2.75, 3.05) is 11.9 Å². The number of hydrogen-bond donors (Lipinski definition) is 2. The van der Waals surface area contributed by atoms with Gasteiger partial charge >= 0.3 is 0 Å². The third-order valence-corrected chi connectivity index (χ3v) is 3.24. The summed E-state index contributed by atoms with van der Waals surface area (Å²) < 4.78 is 1.78. The maximum Gasteiger partial charge on any atom is 0.228 e. The van der Waals surface area contributed by atoms with Crippen molar-refractivity contribution in [2.24, 2.45) is 17.6 Å². The van der Waals surface area contributed by atoms with Crippen molar-refractivity contribution in [2.45, 2.75) is 20.3 Å². The lowest BCUT2D eigenvalue weighted by Crippen LogP contribution is -2.30. The van der Waals surface area contributed by atoms with Crippen LogP contribution in [0.15, 0.2) is 36.9 Å². The second-order valence-electron chi connectivity index (χ2n) is 5.47. The quantitative estimate of drug-likeness (QED) is 0.848. The van der Waals surface area contributed by atoms with Crippen LogP contribution in [0.25, 0.3) is 5.69 Å². The fourth-order valence-corrected chi connectivity index (χ4v) is 2.20. The molecule has 0 aliphatic carbocycles. The molecule has 1 amide bonds. The minimum Gasteiger partial charge on any atom is -0.330 e. The van der Waals surface area contributed by atoms with Gasteiger partial charge in [0.1, 0.15) is 12.7 Å². The van der Waals surface area contributed by atoms with Crippen molar-refractivity contribution in [3.8, 4) is 5.69 Å². The molecule has 1 heterocycles. The highest BCUT2D eigenvalue weighted by molar-refractivity contribution is 5.92. The van der Waals surface area contributed by atoms with Crippen molar-refractivity contribution in [3.63, 3.8) is 0 Å². The molecule has 0 saturated carbocycles. The van der Waals surface area contributed by atoms with Gasteiger partial charge in [-0.2, -0.15) is 0 Å². The lowest BCUT2D eigenvalue weighted by Gasteiger charge is -2.17. The highest BCUT2D eigenvalue weighted by Gasteiger charge is 2.18. The Morgan fingerprint density at radius 2 is 2.05 bits per heavy atom. The van der Waals surface area contributed by atoms with E-state index in [9.17, 15) is 4.79 Å². The molecular formula is C15H21N5O. The Kier molecular flexibility index (Phi) is 5.05. The van der Waals surface area contributed by atoms with Gasteiger partial charge < -0.3 is 11.1 Å². The monoisotopic (exact) mass is 287 g/mol. The number of nitrogens with one attached hydrogen (secondary N) is 1. The number of hydrogen-bond acceptors (Lipinski definition) is 4. The average molecular weight is 287 g/mol. The highest BCUT2D eigenvalue weighted by atomic mass is 16.1. The summed E-state index contributed by atoms with van der Waals surface area (Å²) in [6, 6.07) is 7.54. The summed E-state index contributed by atoms with van der Waals surface area (Å²) in [6.07, 6.45) is 4.01.